The van der Waals surface area contributed by atoms with Gasteiger partial charge in [-0.1, -0.05) is 48.0 Å². The number of hydrogen-bond acceptors (Lipinski definition) is 7. The predicted molar refractivity (Wildman–Crippen MR) is 165 cm³/mol. The summed E-state index contributed by atoms with van der Waals surface area (Å²) in [4.78, 5) is 22.8. The van der Waals surface area contributed by atoms with Gasteiger partial charge in [-0.2, -0.15) is 0 Å². The highest BCUT2D eigenvalue weighted by atomic mass is 35.5. The standard InChI is InChI=1S/C32H39ClN6O2/c1-20(35)39-29-11-10-26(41-2)17-27(29)31(23-6-8-25(33)9-7-23)37-28(32(39)36)18-30(40)38-14-12-22(13-15-38)24-5-3-4-21(16-24)19-34/h3-11,16-17,20,22,28,32H,12-15,18-19,34-36H2,1-2H3/t20?,28-,32?/m0/s1. The third-order valence-electron chi connectivity index (χ3n) is 8.19. The highest BCUT2D eigenvalue weighted by Crippen LogP contribution is 2.35. The van der Waals surface area contributed by atoms with E-state index in [1.54, 1.807) is 7.11 Å². The zero-order valence-corrected chi connectivity index (χ0v) is 24.4. The average Bonchev–Trinajstić information content (AvgIpc) is 3.11. The van der Waals surface area contributed by atoms with Gasteiger partial charge in [0.2, 0.25) is 5.91 Å². The Morgan fingerprint density at radius 1 is 1.10 bits per heavy atom. The monoisotopic (exact) mass is 574 g/mol. The molecule has 0 spiro atoms. The van der Waals surface area contributed by atoms with E-state index in [0.717, 1.165) is 40.9 Å². The molecule has 1 saturated heterocycles. The van der Waals surface area contributed by atoms with Crippen LogP contribution in [0, 0.1) is 0 Å². The summed E-state index contributed by atoms with van der Waals surface area (Å²) in [5, 5.41) is 0.632. The molecule has 41 heavy (non-hydrogen) atoms. The molecule has 0 aliphatic carbocycles. The molecule has 216 valence electrons. The van der Waals surface area contributed by atoms with Crippen LogP contribution < -0.4 is 26.8 Å². The van der Waals surface area contributed by atoms with Crippen molar-refractivity contribution in [1.29, 1.82) is 0 Å². The van der Waals surface area contributed by atoms with Gasteiger partial charge in [-0.15, -0.1) is 0 Å². The molecule has 3 aromatic carbocycles. The minimum absolute atomic E-state index is 0.0481. The number of halogens is 1. The van der Waals surface area contributed by atoms with Crippen LogP contribution in [0.1, 0.15) is 54.4 Å². The molecule has 2 heterocycles. The fourth-order valence-corrected chi connectivity index (χ4v) is 6.08. The molecule has 8 nitrogen and oxygen atoms in total. The Morgan fingerprint density at radius 2 is 1.83 bits per heavy atom. The number of hydrogen-bond donors (Lipinski definition) is 3. The van der Waals surface area contributed by atoms with E-state index in [2.05, 4.69) is 24.3 Å². The van der Waals surface area contributed by atoms with Crippen molar-refractivity contribution in [1.82, 2.24) is 4.90 Å². The second-order valence-corrected chi connectivity index (χ2v) is 11.3. The number of ether oxygens (including phenoxy) is 1. The fraction of sp³-hybridized carbons (Fsp3) is 0.375. The first-order valence-corrected chi connectivity index (χ1v) is 14.5. The maximum Gasteiger partial charge on any atom is 0.224 e. The Bertz CT molecular complexity index is 1400. The first kappa shape index (κ1) is 29.1. The van der Waals surface area contributed by atoms with Crippen LogP contribution in [0.25, 0.3) is 0 Å². The minimum Gasteiger partial charge on any atom is -0.497 e. The van der Waals surface area contributed by atoms with Crippen LogP contribution in [0.15, 0.2) is 71.7 Å². The highest BCUT2D eigenvalue weighted by molar-refractivity contribution is 6.30. The molecule has 9 heteroatoms. The topological polar surface area (TPSA) is 123 Å². The first-order chi connectivity index (χ1) is 19.8. The van der Waals surface area contributed by atoms with Crippen molar-refractivity contribution in [3.05, 3.63) is 94.0 Å². The number of piperidine rings is 1. The molecule has 2 aliphatic heterocycles. The number of benzene rings is 3. The molecule has 0 saturated carbocycles. The summed E-state index contributed by atoms with van der Waals surface area (Å²) < 4.78 is 5.55. The summed E-state index contributed by atoms with van der Waals surface area (Å²) in [6.07, 6.45) is 0.988. The van der Waals surface area contributed by atoms with E-state index >= 15 is 0 Å². The SMILES string of the molecule is COc1ccc2c(c1)C(c1ccc(Cl)cc1)=N[C@@H](CC(=O)N1CCC(c3cccc(CN)c3)CC1)C(N)N2C(C)N. The molecule has 3 atom stereocenters. The van der Waals surface area contributed by atoms with Crippen molar-refractivity contribution in [3.8, 4) is 5.75 Å². The molecule has 0 radical (unpaired) electrons. The predicted octanol–water partition coefficient (Wildman–Crippen LogP) is 4.22. The zero-order valence-electron chi connectivity index (χ0n) is 23.7. The summed E-state index contributed by atoms with van der Waals surface area (Å²) in [6, 6.07) is 21.3. The van der Waals surface area contributed by atoms with Gasteiger partial charge < -0.3 is 31.7 Å². The summed E-state index contributed by atoms with van der Waals surface area (Å²) in [7, 11) is 1.63. The Kier molecular flexibility index (Phi) is 8.94. The molecular formula is C32H39ClN6O2. The first-order valence-electron chi connectivity index (χ1n) is 14.2. The molecule has 2 unspecified atom stereocenters. The lowest BCUT2D eigenvalue weighted by Gasteiger charge is -2.37. The van der Waals surface area contributed by atoms with Gasteiger partial charge in [-0.05, 0) is 67.1 Å². The van der Waals surface area contributed by atoms with Gasteiger partial charge in [0, 0.05) is 41.5 Å². The number of aliphatic imine (C=N–C) groups is 1. The second kappa shape index (κ2) is 12.6. The lowest BCUT2D eigenvalue weighted by molar-refractivity contribution is -0.132. The maximum atomic E-state index is 13.7. The quantitative estimate of drug-likeness (QED) is 0.388. The van der Waals surface area contributed by atoms with Crippen molar-refractivity contribution in [2.45, 2.75) is 57.0 Å². The van der Waals surface area contributed by atoms with Crippen molar-refractivity contribution in [2.75, 3.05) is 25.1 Å². The molecular weight excluding hydrogens is 536 g/mol. The summed E-state index contributed by atoms with van der Waals surface area (Å²) >= 11 is 6.21. The van der Waals surface area contributed by atoms with E-state index < -0.39 is 18.4 Å². The van der Waals surface area contributed by atoms with E-state index in [9.17, 15) is 4.79 Å². The molecule has 1 fully saturated rings. The normalized spacial score (nSPS) is 20.2. The zero-order chi connectivity index (χ0) is 29.1. The lowest BCUT2D eigenvalue weighted by Crippen LogP contribution is -2.56. The summed E-state index contributed by atoms with van der Waals surface area (Å²) in [6.45, 7) is 3.81. The van der Waals surface area contributed by atoms with Crippen LogP contribution in [0.5, 0.6) is 5.75 Å². The van der Waals surface area contributed by atoms with Gasteiger partial charge >= 0.3 is 0 Å². The Hall–Kier alpha value is -3.43. The summed E-state index contributed by atoms with van der Waals surface area (Å²) in [5.41, 5.74) is 24.9. The number of nitrogens with two attached hydrogens (primary N) is 3. The van der Waals surface area contributed by atoms with Crippen molar-refractivity contribution in [2.24, 2.45) is 22.2 Å². The smallest absolute Gasteiger partial charge is 0.224 e. The lowest BCUT2D eigenvalue weighted by atomic mass is 9.88. The van der Waals surface area contributed by atoms with Gasteiger partial charge in [0.15, 0.2) is 0 Å². The van der Waals surface area contributed by atoms with Gasteiger partial charge in [0.25, 0.3) is 0 Å². The molecule has 1 amide bonds. The Balaban J connectivity index is 1.42. The van der Waals surface area contributed by atoms with Gasteiger partial charge in [-0.25, -0.2) is 0 Å². The Labute approximate surface area is 247 Å². The largest absolute Gasteiger partial charge is 0.497 e. The van der Waals surface area contributed by atoms with Crippen molar-refractivity contribution >= 4 is 28.9 Å². The molecule has 2 aliphatic rings. The molecule has 0 bridgehead atoms. The Morgan fingerprint density at radius 3 is 2.49 bits per heavy atom. The van der Waals surface area contributed by atoms with E-state index in [1.165, 1.54) is 5.56 Å². The molecule has 5 rings (SSSR count). The number of anilines is 1. The van der Waals surface area contributed by atoms with Crippen molar-refractivity contribution in [3.63, 3.8) is 0 Å². The fourth-order valence-electron chi connectivity index (χ4n) is 5.95. The van der Waals surface area contributed by atoms with Gasteiger partial charge in [0.1, 0.15) is 11.9 Å². The molecule has 6 N–H and O–H groups in total. The minimum atomic E-state index is -0.604. The van der Waals surface area contributed by atoms with Crippen molar-refractivity contribution < 1.29 is 9.53 Å². The number of likely N-dealkylation sites (tertiary alicyclic amines) is 1. The maximum absolute atomic E-state index is 13.7. The molecule has 0 aromatic heterocycles. The van der Waals surface area contributed by atoms with E-state index in [-0.39, 0.29) is 12.3 Å². The van der Waals surface area contributed by atoms with Crippen LogP contribution in [-0.2, 0) is 11.3 Å². The van der Waals surface area contributed by atoms with Crippen LogP contribution in [0.2, 0.25) is 5.02 Å². The number of carbonyl (C=O) groups excluding carboxylic acids is 1. The van der Waals surface area contributed by atoms with Gasteiger partial charge in [-0.3, -0.25) is 9.79 Å². The number of benzodiazepines with no additional fused rings is 1. The van der Waals surface area contributed by atoms with Gasteiger partial charge in [0.05, 0.1) is 31.4 Å². The van der Waals surface area contributed by atoms with Crippen LogP contribution in [-0.4, -0.2) is 55.1 Å². The summed E-state index contributed by atoms with van der Waals surface area (Å²) in [5.74, 6) is 1.16. The number of methoxy groups -OCH3 is 1. The van der Waals surface area contributed by atoms with Crippen LogP contribution in [0.3, 0.4) is 0 Å². The highest BCUT2D eigenvalue weighted by Gasteiger charge is 2.36. The van der Waals surface area contributed by atoms with E-state index in [1.807, 2.05) is 59.2 Å². The van der Waals surface area contributed by atoms with E-state index in [4.69, 9.17) is 38.5 Å². The van der Waals surface area contributed by atoms with Crippen LogP contribution >= 0.6 is 11.6 Å². The average molecular weight is 575 g/mol. The number of amides is 1. The third-order valence-corrected chi connectivity index (χ3v) is 8.45. The third kappa shape index (κ3) is 6.26. The second-order valence-electron chi connectivity index (χ2n) is 10.9. The van der Waals surface area contributed by atoms with E-state index in [0.29, 0.717) is 36.3 Å². The number of fused-ring (bicyclic) bond motifs is 1. The number of nitrogens with zero attached hydrogens (tertiary/aromatic N) is 3. The number of rotatable bonds is 7. The van der Waals surface area contributed by atoms with Crippen LogP contribution in [0.4, 0.5) is 5.69 Å². The number of carbonyl (C=O) groups is 1. The molecule has 3 aromatic rings.